The van der Waals surface area contributed by atoms with Gasteiger partial charge in [0.25, 0.3) is 0 Å². The maximum Gasteiger partial charge on any atom is 0.336 e. The Labute approximate surface area is 118 Å². The molecule has 3 rings (SSSR count). The van der Waals surface area contributed by atoms with E-state index in [1.54, 1.807) is 11.8 Å². The Morgan fingerprint density at radius 3 is 2.85 bits per heavy atom. The smallest absolute Gasteiger partial charge is 0.336 e. The SMILES string of the molecule is CCOC(=O)C1=C2c3ccccc3CCN2C(=O)CC1. The van der Waals surface area contributed by atoms with E-state index in [4.69, 9.17) is 4.74 Å². The lowest BCUT2D eigenvalue weighted by Gasteiger charge is -2.36. The molecule has 0 spiro atoms. The Morgan fingerprint density at radius 2 is 2.05 bits per heavy atom. The Balaban J connectivity index is 2.15. The van der Waals surface area contributed by atoms with E-state index in [0.717, 1.165) is 17.7 Å². The van der Waals surface area contributed by atoms with Gasteiger partial charge in [0, 0.05) is 18.5 Å². The van der Waals surface area contributed by atoms with Crippen molar-refractivity contribution in [3.8, 4) is 0 Å². The zero-order valence-corrected chi connectivity index (χ0v) is 11.5. The third-order valence-corrected chi connectivity index (χ3v) is 3.84. The molecule has 1 amide bonds. The highest BCUT2D eigenvalue weighted by Crippen LogP contribution is 2.36. The van der Waals surface area contributed by atoms with Gasteiger partial charge in [-0.15, -0.1) is 0 Å². The van der Waals surface area contributed by atoms with Crippen molar-refractivity contribution in [3.63, 3.8) is 0 Å². The number of carbonyl (C=O) groups excluding carboxylic acids is 2. The van der Waals surface area contributed by atoms with Crippen LogP contribution in [0.3, 0.4) is 0 Å². The van der Waals surface area contributed by atoms with Crippen LogP contribution in [0.5, 0.6) is 0 Å². The van der Waals surface area contributed by atoms with Gasteiger partial charge in [-0.05, 0) is 25.3 Å². The average Bonchev–Trinajstić information content (AvgIpc) is 2.47. The number of amides is 1. The molecular weight excluding hydrogens is 254 g/mol. The summed E-state index contributed by atoms with van der Waals surface area (Å²) in [6.07, 6.45) is 1.69. The minimum absolute atomic E-state index is 0.0996. The quantitative estimate of drug-likeness (QED) is 0.774. The van der Waals surface area contributed by atoms with Crippen molar-refractivity contribution in [2.75, 3.05) is 13.2 Å². The van der Waals surface area contributed by atoms with Gasteiger partial charge in [-0.3, -0.25) is 4.79 Å². The van der Waals surface area contributed by atoms with Gasteiger partial charge in [0.1, 0.15) is 0 Å². The molecule has 1 aromatic rings. The highest BCUT2D eigenvalue weighted by molar-refractivity contribution is 6.04. The van der Waals surface area contributed by atoms with E-state index in [9.17, 15) is 9.59 Å². The Morgan fingerprint density at radius 1 is 1.25 bits per heavy atom. The van der Waals surface area contributed by atoms with Gasteiger partial charge in [-0.1, -0.05) is 24.3 Å². The van der Waals surface area contributed by atoms with Gasteiger partial charge in [-0.2, -0.15) is 0 Å². The molecule has 0 atom stereocenters. The maximum absolute atomic E-state index is 12.2. The zero-order chi connectivity index (χ0) is 14.1. The number of esters is 1. The molecule has 2 heterocycles. The van der Waals surface area contributed by atoms with E-state index in [1.165, 1.54) is 5.56 Å². The van der Waals surface area contributed by atoms with Crippen molar-refractivity contribution in [1.29, 1.82) is 0 Å². The summed E-state index contributed by atoms with van der Waals surface area (Å²) in [5.74, 6) is -0.195. The van der Waals surface area contributed by atoms with Gasteiger partial charge < -0.3 is 9.64 Å². The lowest BCUT2D eigenvalue weighted by atomic mass is 9.89. The molecule has 4 nitrogen and oxygen atoms in total. The van der Waals surface area contributed by atoms with Gasteiger partial charge in [0.2, 0.25) is 5.91 Å². The highest BCUT2D eigenvalue weighted by Gasteiger charge is 2.34. The van der Waals surface area contributed by atoms with Crippen LogP contribution in [-0.2, 0) is 20.7 Å². The molecular formula is C16H17NO3. The number of benzene rings is 1. The monoisotopic (exact) mass is 271 g/mol. The number of fused-ring (bicyclic) bond motifs is 3. The largest absolute Gasteiger partial charge is 0.463 e. The first kappa shape index (κ1) is 12.9. The van der Waals surface area contributed by atoms with Gasteiger partial charge in [-0.25, -0.2) is 4.79 Å². The van der Waals surface area contributed by atoms with Crippen LogP contribution in [0.4, 0.5) is 0 Å². The summed E-state index contributed by atoms with van der Waals surface area (Å²) in [6, 6.07) is 7.97. The van der Waals surface area contributed by atoms with Gasteiger partial charge in [0.15, 0.2) is 0 Å². The van der Waals surface area contributed by atoms with Crippen LogP contribution in [-0.4, -0.2) is 29.9 Å². The minimum Gasteiger partial charge on any atom is -0.463 e. The van der Waals surface area contributed by atoms with Crippen LogP contribution in [0, 0.1) is 0 Å². The molecule has 2 aliphatic rings. The van der Waals surface area contributed by atoms with Crippen LogP contribution < -0.4 is 0 Å². The van der Waals surface area contributed by atoms with E-state index in [2.05, 4.69) is 6.07 Å². The van der Waals surface area contributed by atoms with Crippen LogP contribution in [0.15, 0.2) is 29.8 Å². The Kier molecular flexibility index (Phi) is 3.30. The number of carbonyl (C=O) groups is 2. The van der Waals surface area contributed by atoms with E-state index >= 15 is 0 Å². The molecule has 0 aliphatic carbocycles. The normalized spacial score (nSPS) is 17.6. The second-order valence-corrected chi connectivity index (χ2v) is 5.00. The number of hydrogen-bond acceptors (Lipinski definition) is 3. The van der Waals surface area contributed by atoms with Crippen LogP contribution in [0.2, 0.25) is 0 Å². The van der Waals surface area contributed by atoms with Crippen LogP contribution >= 0.6 is 0 Å². The second kappa shape index (κ2) is 5.12. The van der Waals surface area contributed by atoms with Gasteiger partial charge >= 0.3 is 5.97 Å². The van der Waals surface area contributed by atoms with E-state index in [0.29, 0.717) is 31.6 Å². The third kappa shape index (κ3) is 2.01. The lowest BCUT2D eigenvalue weighted by Crippen LogP contribution is -2.39. The number of hydrogen-bond donors (Lipinski definition) is 0. The van der Waals surface area contributed by atoms with Crippen molar-refractivity contribution < 1.29 is 14.3 Å². The molecule has 0 unspecified atom stereocenters. The molecule has 20 heavy (non-hydrogen) atoms. The fourth-order valence-corrected chi connectivity index (χ4v) is 2.94. The van der Waals surface area contributed by atoms with Crippen molar-refractivity contribution in [1.82, 2.24) is 4.90 Å². The maximum atomic E-state index is 12.2. The average molecular weight is 271 g/mol. The van der Waals surface area contributed by atoms with Crippen molar-refractivity contribution >= 4 is 17.6 Å². The van der Waals surface area contributed by atoms with Gasteiger partial charge in [0.05, 0.1) is 17.9 Å². The minimum atomic E-state index is -0.295. The predicted octanol–water partition coefficient (Wildman–Crippen LogP) is 2.14. The molecule has 104 valence electrons. The molecule has 2 aliphatic heterocycles. The fraction of sp³-hybridized carbons (Fsp3) is 0.375. The first-order chi connectivity index (χ1) is 9.72. The molecule has 0 saturated carbocycles. The number of ether oxygens (including phenoxy) is 1. The molecule has 0 saturated heterocycles. The summed E-state index contributed by atoms with van der Waals surface area (Å²) in [5.41, 5.74) is 3.59. The van der Waals surface area contributed by atoms with E-state index in [-0.39, 0.29) is 11.9 Å². The molecule has 4 heteroatoms. The summed E-state index contributed by atoms with van der Waals surface area (Å²) < 4.78 is 5.15. The first-order valence-corrected chi connectivity index (χ1v) is 7.01. The molecule has 0 N–H and O–H groups in total. The van der Waals surface area contributed by atoms with Crippen molar-refractivity contribution in [2.45, 2.75) is 26.2 Å². The number of nitrogens with zero attached hydrogens (tertiary/aromatic N) is 1. The fourth-order valence-electron chi connectivity index (χ4n) is 2.94. The summed E-state index contributed by atoms with van der Waals surface area (Å²) in [4.78, 5) is 26.0. The summed E-state index contributed by atoms with van der Waals surface area (Å²) in [5, 5.41) is 0. The first-order valence-electron chi connectivity index (χ1n) is 7.01. The summed E-state index contributed by atoms with van der Waals surface area (Å²) >= 11 is 0. The van der Waals surface area contributed by atoms with E-state index < -0.39 is 0 Å². The van der Waals surface area contributed by atoms with E-state index in [1.807, 2.05) is 18.2 Å². The Hall–Kier alpha value is -2.10. The Bertz CT molecular complexity index is 603. The van der Waals surface area contributed by atoms with Crippen LogP contribution in [0.25, 0.3) is 5.70 Å². The predicted molar refractivity (Wildman–Crippen MR) is 74.6 cm³/mol. The molecule has 0 radical (unpaired) electrons. The summed E-state index contributed by atoms with van der Waals surface area (Å²) in [7, 11) is 0. The van der Waals surface area contributed by atoms with Crippen molar-refractivity contribution in [2.24, 2.45) is 0 Å². The molecule has 0 fully saturated rings. The standard InChI is InChI=1S/C16H17NO3/c1-2-20-16(19)13-7-8-14(18)17-10-9-11-5-3-4-6-12(11)15(13)17/h3-6H,2,7-10H2,1H3. The molecule has 0 bridgehead atoms. The molecule has 0 aromatic heterocycles. The van der Waals surface area contributed by atoms with Crippen molar-refractivity contribution in [3.05, 3.63) is 41.0 Å². The second-order valence-electron chi connectivity index (χ2n) is 5.00. The topological polar surface area (TPSA) is 46.6 Å². The zero-order valence-electron chi connectivity index (χ0n) is 11.5. The molecule has 1 aromatic carbocycles. The number of rotatable bonds is 2. The van der Waals surface area contributed by atoms with Crippen LogP contribution in [0.1, 0.15) is 30.9 Å². The summed E-state index contributed by atoms with van der Waals surface area (Å²) in [6.45, 7) is 2.79. The highest BCUT2D eigenvalue weighted by atomic mass is 16.5. The lowest BCUT2D eigenvalue weighted by molar-refractivity contribution is -0.139. The third-order valence-electron chi connectivity index (χ3n) is 3.84.